The third kappa shape index (κ3) is 13.4. The zero-order valence-electron chi connectivity index (χ0n) is 9.17. The fraction of sp³-hybridized carbons (Fsp3) is 1.00. The summed E-state index contributed by atoms with van der Waals surface area (Å²) in [6.45, 7) is 4.59. The quantitative estimate of drug-likeness (QED) is 0.576. The van der Waals surface area contributed by atoms with Gasteiger partial charge in [-0.05, 0) is 35.2 Å². The van der Waals surface area contributed by atoms with Crippen LogP contribution in [0.15, 0.2) is 0 Å². The van der Waals surface area contributed by atoms with E-state index in [4.69, 9.17) is 0 Å². The van der Waals surface area contributed by atoms with Crippen LogP contribution in [0.5, 0.6) is 0 Å². The van der Waals surface area contributed by atoms with Crippen molar-refractivity contribution in [3.05, 3.63) is 0 Å². The zero-order chi connectivity index (χ0) is 9.56. The van der Waals surface area contributed by atoms with Gasteiger partial charge in [0.15, 0.2) is 0 Å². The fourth-order valence-electron chi connectivity index (χ4n) is 0.853. The second-order valence-electron chi connectivity index (χ2n) is 3.91. The van der Waals surface area contributed by atoms with E-state index >= 15 is 0 Å². The van der Waals surface area contributed by atoms with Crippen LogP contribution in [0.1, 0.15) is 0 Å². The van der Waals surface area contributed by atoms with Crippen molar-refractivity contribution >= 4 is 45.5 Å². The number of likely N-dealkylation sites (N-methyl/N-ethyl adjacent to an activating group) is 3. The predicted octanol–water partition coefficient (Wildman–Crippen LogP) is -0.875. The Balaban J connectivity index is 0. The van der Waals surface area contributed by atoms with Gasteiger partial charge in [-0.25, -0.2) is 0 Å². The van der Waals surface area contributed by atoms with E-state index in [0.29, 0.717) is 0 Å². The van der Waals surface area contributed by atoms with E-state index in [9.17, 15) is 0 Å². The third-order valence-corrected chi connectivity index (χ3v) is 1.86. The Bertz CT molecular complexity index is 95.0. The monoisotopic (exact) mass is 263 g/mol. The Morgan fingerprint density at radius 1 is 0.615 bits per heavy atom. The minimum atomic E-state index is 0. The van der Waals surface area contributed by atoms with Crippen molar-refractivity contribution in [2.75, 3.05) is 61.4 Å². The van der Waals surface area contributed by atoms with Crippen LogP contribution in [-0.2, 0) is 0 Å². The van der Waals surface area contributed by atoms with E-state index in [1.807, 2.05) is 0 Å². The number of rotatable bonds is 6. The Kier molecular flexibility index (Phi) is 12.8. The van der Waals surface area contributed by atoms with Gasteiger partial charge >= 0.3 is 45.5 Å². The van der Waals surface area contributed by atoms with Crippen LogP contribution in [0.25, 0.3) is 0 Å². The molecule has 0 aromatic heterocycles. The van der Waals surface area contributed by atoms with Crippen LogP contribution in [0.3, 0.4) is 0 Å². The van der Waals surface area contributed by atoms with Gasteiger partial charge in [0.25, 0.3) is 0 Å². The third-order valence-electron chi connectivity index (χ3n) is 1.86. The molecule has 0 spiro atoms. The van der Waals surface area contributed by atoms with Gasteiger partial charge in [-0.2, -0.15) is 0 Å². The van der Waals surface area contributed by atoms with E-state index in [2.05, 4.69) is 49.9 Å². The molecule has 78 valence electrons. The summed E-state index contributed by atoms with van der Waals surface area (Å²) >= 11 is 0. The van der Waals surface area contributed by atoms with Gasteiger partial charge in [-0.1, -0.05) is 0 Å². The molecule has 3 nitrogen and oxygen atoms in total. The Hall–Kier alpha value is 1.36. The van der Waals surface area contributed by atoms with Crippen molar-refractivity contribution in [1.29, 1.82) is 0 Å². The maximum atomic E-state index is 2.36. The van der Waals surface area contributed by atoms with Crippen molar-refractivity contribution < 1.29 is 0 Å². The molecular formula is C9H25N3Sr. The second-order valence-corrected chi connectivity index (χ2v) is 3.91. The van der Waals surface area contributed by atoms with Crippen molar-refractivity contribution in [2.24, 2.45) is 0 Å². The van der Waals surface area contributed by atoms with Crippen LogP contribution in [-0.4, -0.2) is 122 Å². The second kappa shape index (κ2) is 9.90. The van der Waals surface area contributed by atoms with E-state index < -0.39 is 0 Å². The topological polar surface area (TPSA) is 9.72 Å². The average molecular weight is 263 g/mol. The van der Waals surface area contributed by atoms with Crippen molar-refractivity contribution in [1.82, 2.24) is 14.7 Å². The van der Waals surface area contributed by atoms with Gasteiger partial charge in [0.1, 0.15) is 0 Å². The Morgan fingerprint density at radius 2 is 0.923 bits per heavy atom. The molecule has 0 saturated heterocycles. The van der Waals surface area contributed by atoms with E-state index in [-0.39, 0.29) is 45.5 Å². The van der Waals surface area contributed by atoms with Crippen LogP contribution in [0.2, 0.25) is 0 Å². The number of hydrogen-bond donors (Lipinski definition) is 0. The van der Waals surface area contributed by atoms with E-state index in [1.54, 1.807) is 0 Å². The van der Waals surface area contributed by atoms with Crippen molar-refractivity contribution in [3.63, 3.8) is 0 Å². The minimum absolute atomic E-state index is 0. The molecule has 0 atom stereocenters. The summed E-state index contributed by atoms with van der Waals surface area (Å²) in [7, 11) is 10.6. The molecule has 0 saturated carbocycles. The molecule has 0 bridgehead atoms. The van der Waals surface area contributed by atoms with E-state index in [0.717, 1.165) is 26.2 Å². The molecule has 0 radical (unpaired) electrons. The summed E-state index contributed by atoms with van der Waals surface area (Å²) in [4.78, 5) is 6.79. The van der Waals surface area contributed by atoms with Crippen LogP contribution in [0, 0.1) is 0 Å². The molecule has 0 aromatic carbocycles. The van der Waals surface area contributed by atoms with E-state index in [1.165, 1.54) is 0 Å². The first-order chi connectivity index (χ1) is 5.52. The Morgan fingerprint density at radius 3 is 1.15 bits per heavy atom. The molecule has 13 heavy (non-hydrogen) atoms. The molecule has 0 unspecified atom stereocenters. The average Bonchev–Trinajstić information content (AvgIpc) is 1.96. The summed E-state index contributed by atoms with van der Waals surface area (Å²) in [5.41, 5.74) is 0. The number of hydrogen-bond acceptors (Lipinski definition) is 3. The Labute approximate surface area is 120 Å². The normalized spacial score (nSPS) is 11.1. The molecule has 0 fully saturated rings. The van der Waals surface area contributed by atoms with Gasteiger partial charge < -0.3 is 14.7 Å². The SMILES string of the molecule is CN(C)CCN(C)CCN(C)C.[SrH2]. The molecule has 0 N–H and O–H groups in total. The molecule has 0 heterocycles. The van der Waals surface area contributed by atoms with Crippen LogP contribution >= 0.6 is 0 Å². The van der Waals surface area contributed by atoms with Gasteiger partial charge in [-0.3, -0.25) is 0 Å². The predicted molar refractivity (Wildman–Crippen MR) is 63.1 cm³/mol. The first kappa shape index (κ1) is 16.8. The standard InChI is InChI=1S/C9H23N3.Sr.2H/c1-10(2)6-8-12(5)9-7-11(3)4;;;/h6-9H2,1-5H3;;;. The molecule has 0 aliphatic rings. The zero-order valence-corrected chi connectivity index (χ0v) is 9.17. The summed E-state index contributed by atoms with van der Waals surface area (Å²) in [5, 5.41) is 0. The number of nitrogens with zero attached hydrogens (tertiary/aromatic N) is 3. The summed E-state index contributed by atoms with van der Waals surface area (Å²) in [6.07, 6.45) is 0. The van der Waals surface area contributed by atoms with Gasteiger partial charge in [0.2, 0.25) is 0 Å². The first-order valence-electron chi connectivity index (χ1n) is 4.50. The van der Waals surface area contributed by atoms with Gasteiger partial charge in [0, 0.05) is 26.2 Å². The maximum absolute atomic E-state index is 2.36. The molecule has 0 amide bonds. The van der Waals surface area contributed by atoms with Gasteiger partial charge in [0.05, 0.1) is 0 Å². The van der Waals surface area contributed by atoms with Gasteiger partial charge in [-0.15, -0.1) is 0 Å². The molecule has 4 heteroatoms. The van der Waals surface area contributed by atoms with Crippen molar-refractivity contribution in [3.8, 4) is 0 Å². The molecule has 0 aromatic rings. The molecule has 0 aliphatic carbocycles. The first-order valence-corrected chi connectivity index (χ1v) is 4.50. The molecule has 0 aliphatic heterocycles. The van der Waals surface area contributed by atoms with Crippen molar-refractivity contribution in [2.45, 2.75) is 0 Å². The summed E-state index contributed by atoms with van der Waals surface area (Å²) in [5.74, 6) is 0. The summed E-state index contributed by atoms with van der Waals surface area (Å²) in [6, 6.07) is 0. The van der Waals surface area contributed by atoms with Crippen LogP contribution < -0.4 is 0 Å². The molecule has 0 rings (SSSR count). The fourth-order valence-corrected chi connectivity index (χ4v) is 0.853. The van der Waals surface area contributed by atoms with Crippen LogP contribution in [0.4, 0.5) is 0 Å². The molecular weight excluding hydrogens is 238 g/mol. The summed E-state index contributed by atoms with van der Waals surface area (Å²) < 4.78 is 0.